The van der Waals surface area contributed by atoms with Gasteiger partial charge in [-0.3, -0.25) is 0 Å². The molecule has 0 amide bonds. The molecule has 2 aromatic rings. The molecule has 0 bridgehead atoms. The molecule has 2 rings (SSSR count). The molecule has 20 heavy (non-hydrogen) atoms. The summed E-state index contributed by atoms with van der Waals surface area (Å²) in [6.07, 6.45) is 0.991. The zero-order valence-corrected chi connectivity index (χ0v) is 14.4. The molecule has 1 aromatic carbocycles. The van der Waals surface area contributed by atoms with Crippen LogP contribution < -0.4 is 5.32 Å². The lowest BCUT2D eigenvalue weighted by atomic mass is 9.94. The van der Waals surface area contributed by atoms with E-state index in [0.717, 1.165) is 24.0 Å². The van der Waals surface area contributed by atoms with Crippen LogP contribution in [0.15, 0.2) is 39.6 Å². The Hall–Kier alpha value is -0.710. The van der Waals surface area contributed by atoms with Gasteiger partial charge in [-0.1, -0.05) is 41.9 Å². The minimum atomic E-state index is 0.466. The molecule has 4 heteroatoms. The standard InChI is InChI=1S/C16H21BrN2S/c1-12(2)8-18-9-14(7-16-10-20-11-19-16)13-4-3-5-15(17)6-13/h3-6,10-12,14,18H,7-9H2,1-2H3. The highest BCUT2D eigenvalue weighted by Crippen LogP contribution is 2.23. The second-order valence-electron chi connectivity index (χ2n) is 5.49. The van der Waals surface area contributed by atoms with E-state index >= 15 is 0 Å². The third-order valence-corrected chi connectivity index (χ3v) is 4.33. The average Bonchev–Trinajstić information content (AvgIpc) is 2.90. The Morgan fingerprint density at radius 1 is 1.30 bits per heavy atom. The number of aromatic nitrogens is 1. The van der Waals surface area contributed by atoms with Gasteiger partial charge in [-0.2, -0.15) is 0 Å². The van der Waals surface area contributed by atoms with Gasteiger partial charge in [-0.05, 0) is 36.6 Å². The van der Waals surface area contributed by atoms with Crippen LogP contribution in [0.2, 0.25) is 0 Å². The quantitative estimate of drug-likeness (QED) is 0.794. The molecule has 1 unspecified atom stereocenters. The van der Waals surface area contributed by atoms with Crippen LogP contribution in [0.1, 0.15) is 31.0 Å². The number of nitrogens with one attached hydrogen (secondary N) is 1. The van der Waals surface area contributed by atoms with Gasteiger partial charge in [-0.25, -0.2) is 4.98 Å². The van der Waals surface area contributed by atoms with Crippen molar-refractivity contribution in [1.82, 2.24) is 10.3 Å². The topological polar surface area (TPSA) is 24.9 Å². The summed E-state index contributed by atoms with van der Waals surface area (Å²) in [6.45, 7) is 6.52. The van der Waals surface area contributed by atoms with Crippen LogP contribution in [0.5, 0.6) is 0 Å². The Kier molecular flexibility index (Phi) is 6.20. The van der Waals surface area contributed by atoms with Gasteiger partial charge < -0.3 is 5.32 Å². The van der Waals surface area contributed by atoms with Crippen LogP contribution >= 0.6 is 27.3 Å². The van der Waals surface area contributed by atoms with Crippen LogP contribution in [0, 0.1) is 5.92 Å². The number of halogens is 1. The highest BCUT2D eigenvalue weighted by atomic mass is 79.9. The van der Waals surface area contributed by atoms with Crippen molar-refractivity contribution in [2.45, 2.75) is 26.2 Å². The van der Waals surface area contributed by atoms with Crippen LogP contribution in [0.25, 0.3) is 0 Å². The molecule has 1 N–H and O–H groups in total. The summed E-state index contributed by atoms with van der Waals surface area (Å²) in [5.74, 6) is 1.14. The van der Waals surface area contributed by atoms with E-state index in [0.29, 0.717) is 11.8 Å². The lowest BCUT2D eigenvalue weighted by molar-refractivity contribution is 0.512. The summed E-state index contributed by atoms with van der Waals surface area (Å²) >= 11 is 5.23. The zero-order valence-electron chi connectivity index (χ0n) is 12.0. The molecule has 1 atom stereocenters. The predicted molar refractivity (Wildman–Crippen MR) is 90.4 cm³/mol. The Morgan fingerprint density at radius 2 is 2.15 bits per heavy atom. The van der Waals surface area contributed by atoms with Crippen molar-refractivity contribution >= 4 is 27.3 Å². The molecule has 2 nitrogen and oxygen atoms in total. The van der Waals surface area contributed by atoms with E-state index in [4.69, 9.17) is 0 Å². The molecular weight excluding hydrogens is 332 g/mol. The third kappa shape index (κ3) is 5.00. The number of nitrogens with zero attached hydrogens (tertiary/aromatic N) is 1. The van der Waals surface area contributed by atoms with E-state index in [-0.39, 0.29) is 0 Å². The normalized spacial score (nSPS) is 12.8. The van der Waals surface area contributed by atoms with E-state index in [9.17, 15) is 0 Å². The minimum Gasteiger partial charge on any atom is -0.316 e. The second-order valence-corrected chi connectivity index (χ2v) is 7.12. The maximum absolute atomic E-state index is 4.43. The van der Waals surface area contributed by atoms with Crippen molar-refractivity contribution in [3.05, 3.63) is 50.9 Å². The van der Waals surface area contributed by atoms with Crippen LogP contribution in [0.4, 0.5) is 0 Å². The Balaban J connectivity index is 2.06. The van der Waals surface area contributed by atoms with Gasteiger partial charge in [-0.15, -0.1) is 11.3 Å². The van der Waals surface area contributed by atoms with Crippen LogP contribution in [-0.2, 0) is 6.42 Å². The van der Waals surface area contributed by atoms with Crippen LogP contribution in [0.3, 0.4) is 0 Å². The summed E-state index contributed by atoms with van der Waals surface area (Å²) in [5, 5.41) is 5.72. The smallest absolute Gasteiger partial charge is 0.0794 e. The van der Waals surface area contributed by atoms with E-state index < -0.39 is 0 Å². The van der Waals surface area contributed by atoms with Gasteiger partial charge in [0.2, 0.25) is 0 Å². The van der Waals surface area contributed by atoms with E-state index in [1.807, 2.05) is 5.51 Å². The number of hydrogen-bond acceptors (Lipinski definition) is 3. The third-order valence-electron chi connectivity index (χ3n) is 3.20. The summed E-state index contributed by atoms with van der Waals surface area (Å²) in [4.78, 5) is 4.43. The summed E-state index contributed by atoms with van der Waals surface area (Å²) < 4.78 is 1.14. The lowest BCUT2D eigenvalue weighted by Crippen LogP contribution is -2.26. The van der Waals surface area contributed by atoms with E-state index in [1.165, 1.54) is 11.3 Å². The molecule has 1 aromatic heterocycles. The first-order valence-electron chi connectivity index (χ1n) is 6.98. The molecule has 0 fully saturated rings. The van der Waals surface area contributed by atoms with Crippen molar-refractivity contribution in [1.29, 1.82) is 0 Å². The zero-order chi connectivity index (χ0) is 14.4. The first kappa shape index (κ1) is 15.7. The average molecular weight is 353 g/mol. The van der Waals surface area contributed by atoms with Gasteiger partial charge in [0.1, 0.15) is 0 Å². The van der Waals surface area contributed by atoms with Crippen molar-refractivity contribution in [3.63, 3.8) is 0 Å². The molecule has 0 saturated carbocycles. The maximum Gasteiger partial charge on any atom is 0.0794 e. The highest BCUT2D eigenvalue weighted by Gasteiger charge is 2.14. The predicted octanol–water partition coefficient (Wildman–Crippen LogP) is 4.48. The molecule has 108 valence electrons. The molecule has 0 aliphatic carbocycles. The van der Waals surface area contributed by atoms with Gasteiger partial charge in [0.15, 0.2) is 0 Å². The number of benzene rings is 1. The molecular formula is C16H21BrN2S. The van der Waals surface area contributed by atoms with Crippen LogP contribution in [-0.4, -0.2) is 18.1 Å². The molecule has 1 heterocycles. The van der Waals surface area contributed by atoms with E-state index in [1.54, 1.807) is 11.3 Å². The summed E-state index contributed by atoms with van der Waals surface area (Å²) in [6, 6.07) is 8.60. The van der Waals surface area contributed by atoms with Crippen molar-refractivity contribution in [2.24, 2.45) is 5.92 Å². The van der Waals surface area contributed by atoms with Crippen molar-refractivity contribution in [2.75, 3.05) is 13.1 Å². The number of thiazole rings is 1. The number of hydrogen-bond donors (Lipinski definition) is 1. The first-order chi connectivity index (χ1) is 9.65. The fourth-order valence-electron chi connectivity index (χ4n) is 2.21. The number of rotatable bonds is 7. The van der Waals surface area contributed by atoms with Gasteiger partial charge >= 0.3 is 0 Å². The monoisotopic (exact) mass is 352 g/mol. The van der Waals surface area contributed by atoms with Gasteiger partial charge in [0, 0.05) is 22.3 Å². The molecule has 0 aliphatic heterocycles. The SMILES string of the molecule is CC(C)CNCC(Cc1cscn1)c1cccc(Br)c1. The van der Waals surface area contributed by atoms with Crippen molar-refractivity contribution in [3.8, 4) is 0 Å². The molecule has 0 saturated heterocycles. The maximum atomic E-state index is 4.43. The lowest BCUT2D eigenvalue weighted by Gasteiger charge is -2.18. The Labute approximate surface area is 133 Å². The fourth-order valence-corrected chi connectivity index (χ4v) is 3.19. The largest absolute Gasteiger partial charge is 0.316 e. The minimum absolute atomic E-state index is 0.466. The highest BCUT2D eigenvalue weighted by molar-refractivity contribution is 9.10. The molecule has 0 radical (unpaired) electrons. The Bertz CT molecular complexity index is 511. The summed E-state index contributed by atoms with van der Waals surface area (Å²) in [5.41, 5.74) is 4.46. The second kappa shape index (κ2) is 7.91. The first-order valence-corrected chi connectivity index (χ1v) is 8.72. The fraction of sp³-hybridized carbons (Fsp3) is 0.438. The Morgan fingerprint density at radius 3 is 2.80 bits per heavy atom. The molecule has 0 aliphatic rings. The van der Waals surface area contributed by atoms with Gasteiger partial charge in [0.05, 0.1) is 11.2 Å². The molecule has 0 spiro atoms. The van der Waals surface area contributed by atoms with E-state index in [2.05, 4.69) is 69.7 Å². The summed E-state index contributed by atoms with van der Waals surface area (Å²) in [7, 11) is 0. The van der Waals surface area contributed by atoms with Gasteiger partial charge in [0.25, 0.3) is 0 Å². The van der Waals surface area contributed by atoms with Crippen molar-refractivity contribution < 1.29 is 0 Å².